The Hall–Kier alpha value is -4.09. The van der Waals surface area contributed by atoms with Crippen molar-refractivity contribution >= 4 is 41.1 Å². The summed E-state index contributed by atoms with van der Waals surface area (Å²) in [6.07, 6.45) is 3.81. The van der Waals surface area contributed by atoms with Gasteiger partial charge in [0.2, 0.25) is 0 Å². The third-order valence-corrected chi connectivity index (χ3v) is 9.70. The molecule has 3 heterocycles. The molecule has 1 atom stereocenters. The van der Waals surface area contributed by atoms with Crippen molar-refractivity contribution in [1.82, 2.24) is 10.2 Å². The number of hydrogen-bond acceptors (Lipinski definition) is 13. The fourth-order valence-electron chi connectivity index (χ4n) is 6.10. The maximum absolute atomic E-state index is 8.89. The van der Waals surface area contributed by atoms with Crippen LogP contribution in [0.25, 0.3) is 21.9 Å². The molecule has 304 valence electrons. The van der Waals surface area contributed by atoms with Crippen LogP contribution in [0.5, 0.6) is 11.5 Å². The van der Waals surface area contributed by atoms with Gasteiger partial charge >= 0.3 is 27.5 Å². The van der Waals surface area contributed by atoms with Crippen LogP contribution in [-0.4, -0.2) is 74.2 Å². The number of aliphatic carboxylic acids is 2. The summed E-state index contributed by atoms with van der Waals surface area (Å²) < 4.78 is 35.9. The maximum Gasteiger partial charge on any atom is 2.00 e. The first kappa shape index (κ1) is 46.3. The Morgan fingerprint density at radius 3 is 2.09 bits per heavy atom. The van der Waals surface area contributed by atoms with Gasteiger partial charge in [-0.1, -0.05) is 24.3 Å². The first-order chi connectivity index (χ1) is 26.0. The van der Waals surface area contributed by atoms with Gasteiger partial charge in [-0.15, -0.1) is 5.10 Å². The number of anilines is 1. The van der Waals surface area contributed by atoms with Gasteiger partial charge in [-0.25, -0.2) is 0 Å². The third-order valence-electron chi connectivity index (χ3n) is 9.70. The average Bonchev–Trinajstić information content (AvgIpc) is 3.36. The molecule has 4 aromatic rings. The van der Waals surface area contributed by atoms with Gasteiger partial charge in [0.15, 0.2) is 12.1 Å². The average molecular weight is 864 g/mol. The van der Waals surface area contributed by atoms with Crippen molar-refractivity contribution in [2.24, 2.45) is 0 Å². The fourth-order valence-corrected chi connectivity index (χ4v) is 6.10. The monoisotopic (exact) mass is 863 g/mol. The van der Waals surface area contributed by atoms with Gasteiger partial charge in [0.05, 0.1) is 37.7 Å². The molecule has 0 aliphatic carbocycles. The molecular formula is C41H52BN3O10Pd. The second kappa shape index (κ2) is 20.9. The number of nitrogens with one attached hydrogen (secondary N) is 1. The number of carboxylic acids is 2. The second-order valence-electron chi connectivity index (χ2n) is 14.3. The Balaban J connectivity index is 0.000000855. The summed E-state index contributed by atoms with van der Waals surface area (Å²) >= 11 is 0. The topological polar surface area (TPSA) is 173 Å². The maximum atomic E-state index is 8.89. The van der Waals surface area contributed by atoms with Crippen LogP contribution in [0.1, 0.15) is 77.6 Å². The molecule has 0 saturated carbocycles. The van der Waals surface area contributed by atoms with E-state index in [4.69, 9.17) is 48.1 Å². The minimum Gasteiger partial charge on any atom is -0.550 e. The van der Waals surface area contributed by atoms with Crippen molar-refractivity contribution < 1.29 is 68.5 Å². The number of ether oxygens (including phenoxy) is 4. The van der Waals surface area contributed by atoms with E-state index in [1.54, 1.807) is 14.2 Å². The Kier molecular flexibility index (Phi) is 17.3. The van der Waals surface area contributed by atoms with Crippen molar-refractivity contribution in [1.29, 1.82) is 0 Å². The first-order valence-electron chi connectivity index (χ1n) is 18.3. The molecule has 56 heavy (non-hydrogen) atoms. The summed E-state index contributed by atoms with van der Waals surface area (Å²) in [5, 5.41) is 32.3. The Labute approximate surface area is 343 Å². The van der Waals surface area contributed by atoms with Gasteiger partial charge in [-0.05, 0) is 121 Å². The van der Waals surface area contributed by atoms with Crippen molar-refractivity contribution in [2.45, 2.75) is 98.2 Å². The van der Waals surface area contributed by atoms with Gasteiger partial charge in [-0.2, -0.15) is 5.10 Å². The van der Waals surface area contributed by atoms with E-state index < -0.39 is 30.3 Å². The number of nitrogens with zero attached hydrogens (tertiary/aromatic N) is 2. The molecule has 15 heteroatoms. The molecule has 0 spiro atoms. The smallest absolute Gasteiger partial charge is 0.550 e. The summed E-state index contributed by atoms with van der Waals surface area (Å²) in [6, 6.07) is 18.8. The zero-order valence-electron chi connectivity index (χ0n) is 33.6. The van der Waals surface area contributed by atoms with Crippen LogP contribution in [0, 0.1) is 6.92 Å². The van der Waals surface area contributed by atoms with Crippen LogP contribution < -0.4 is 30.5 Å². The van der Waals surface area contributed by atoms with E-state index in [2.05, 4.69) is 79.6 Å². The van der Waals surface area contributed by atoms with Gasteiger partial charge in [-0.3, -0.25) is 0 Å². The van der Waals surface area contributed by atoms with E-state index in [-0.39, 0.29) is 26.7 Å². The number of methoxy groups -OCH3 is 2. The number of fused-ring (bicyclic) bond motifs is 1. The Morgan fingerprint density at radius 1 is 0.857 bits per heavy atom. The molecule has 13 nitrogen and oxygen atoms in total. The van der Waals surface area contributed by atoms with Gasteiger partial charge in [0.25, 0.3) is 0 Å². The summed E-state index contributed by atoms with van der Waals surface area (Å²) in [6.45, 7) is 14.1. The standard InChI is InChI=1S/C37H46BN3O6.2C2H4O2.Pd/c1-24-31-20-26(14-16-30(31)35(41-40-24)39-23-28-13-15-29(42-6)22-33(28)43-7)27-12-11-25(17-19-45-34-10-8-9-18-44-34)32(21-27)38-46-36(2,3)37(4,5)47-38;2*1-2(3)4;/h11-16,20-22,34H,8-10,17-19,23H2,1-7H3,(H,39,41);2*1H3,(H,3,4);/q;;;+2/p-2. The van der Waals surface area contributed by atoms with E-state index in [0.29, 0.717) is 19.0 Å². The molecule has 2 fully saturated rings. The molecule has 1 unspecified atom stereocenters. The molecule has 1 N–H and O–H groups in total. The minimum atomic E-state index is -1.08. The van der Waals surface area contributed by atoms with Gasteiger partial charge in [0.1, 0.15) is 11.5 Å². The molecule has 0 bridgehead atoms. The van der Waals surface area contributed by atoms with Crippen molar-refractivity contribution in [2.75, 3.05) is 32.8 Å². The zero-order chi connectivity index (χ0) is 40.3. The zero-order valence-corrected chi connectivity index (χ0v) is 35.1. The van der Waals surface area contributed by atoms with Crippen LogP contribution >= 0.6 is 0 Å². The molecule has 3 aromatic carbocycles. The summed E-state index contributed by atoms with van der Waals surface area (Å²) in [4.78, 5) is 17.8. The minimum absolute atomic E-state index is 0. The molecule has 0 amide bonds. The first-order valence-corrected chi connectivity index (χ1v) is 18.3. The number of carbonyl (C=O) groups is 2. The van der Waals surface area contributed by atoms with E-state index >= 15 is 0 Å². The molecule has 2 aliphatic rings. The summed E-state index contributed by atoms with van der Waals surface area (Å²) in [7, 11) is 2.82. The van der Waals surface area contributed by atoms with E-state index in [0.717, 1.165) is 102 Å². The van der Waals surface area contributed by atoms with E-state index in [1.165, 1.54) is 0 Å². The number of aromatic nitrogens is 2. The van der Waals surface area contributed by atoms with Crippen LogP contribution in [0.2, 0.25) is 0 Å². The Bertz CT molecular complexity index is 1900. The summed E-state index contributed by atoms with van der Waals surface area (Å²) in [5.41, 5.74) is 5.27. The SMILES string of the molecule is CC(=O)[O-].CC(=O)[O-].COc1ccc(CNc2nnc(C)c3cc(-c4ccc(CCOC5CCCCO5)c(B5OC(C)(C)C(C)(C)O5)c4)ccc23)c(OC)c1.[Pd+2]. The van der Waals surface area contributed by atoms with E-state index in [1.807, 2.05) is 25.1 Å². The van der Waals surface area contributed by atoms with Crippen LogP contribution in [-0.2, 0) is 61.8 Å². The number of benzene rings is 3. The quantitative estimate of drug-likeness (QED) is 0.214. The van der Waals surface area contributed by atoms with Crippen LogP contribution in [0.3, 0.4) is 0 Å². The molecule has 2 saturated heterocycles. The van der Waals surface area contributed by atoms with Crippen molar-refractivity contribution in [3.05, 3.63) is 71.4 Å². The predicted molar refractivity (Wildman–Crippen MR) is 207 cm³/mol. The van der Waals surface area contributed by atoms with Crippen LogP contribution in [0.4, 0.5) is 5.82 Å². The normalized spacial score (nSPS) is 16.7. The number of carboxylic acid groups (broad SMARTS) is 2. The van der Waals surface area contributed by atoms with Gasteiger partial charge < -0.3 is 53.4 Å². The third kappa shape index (κ3) is 12.5. The molecule has 6 rings (SSSR count). The fraction of sp³-hybridized carbons (Fsp3) is 0.463. The summed E-state index contributed by atoms with van der Waals surface area (Å²) in [5.74, 6) is 0.0413. The molecular weight excluding hydrogens is 812 g/mol. The predicted octanol–water partition coefficient (Wildman–Crippen LogP) is 4.13. The number of aryl methyl sites for hydroxylation is 1. The Morgan fingerprint density at radius 2 is 1.48 bits per heavy atom. The second-order valence-corrected chi connectivity index (χ2v) is 14.3. The molecule has 1 aromatic heterocycles. The largest absolute Gasteiger partial charge is 2.00 e. The van der Waals surface area contributed by atoms with Gasteiger partial charge in [0, 0.05) is 47.5 Å². The number of hydrogen-bond donors (Lipinski definition) is 1. The van der Waals surface area contributed by atoms with Crippen molar-refractivity contribution in [3.8, 4) is 22.6 Å². The number of rotatable bonds is 11. The molecule has 2 aliphatic heterocycles. The number of carbonyl (C=O) groups excluding carboxylic acids is 2. The van der Waals surface area contributed by atoms with Crippen molar-refractivity contribution in [3.63, 3.8) is 0 Å². The van der Waals surface area contributed by atoms with E-state index in [9.17, 15) is 0 Å². The van der Waals surface area contributed by atoms with Crippen LogP contribution in [0.15, 0.2) is 54.6 Å². The molecule has 0 radical (unpaired) electrons.